The first kappa shape index (κ1) is 15.2. The molecular formula is C15H21BrN4. The van der Waals surface area contributed by atoms with Crippen LogP contribution in [0.4, 0.5) is 0 Å². The molecule has 0 radical (unpaired) electrons. The highest BCUT2D eigenvalue weighted by atomic mass is 79.9. The van der Waals surface area contributed by atoms with Crippen LogP contribution in [0.15, 0.2) is 41.0 Å². The molecule has 1 atom stereocenters. The minimum Gasteiger partial charge on any atom is -0.271 e. The molecule has 0 amide bonds. The Bertz CT molecular complexity index is 524. The highest BCUT2D eigenvalue weighted by molar-refractivity contribution is 9.10. The smallest absolute Gasteiger partial charge is 0.0709 e. The molecule has 0 aliphatic heterocycles. The quantitative estimate of drug-likeness (QED) is 0.603. The molecule has 0 aliphatic carbocycles. The van der Waals surface area contributed by atoms with E-state index in [2.05, 4.69) is 57.6 Å². The Balaban J connectivity index is 1.97. The van der Waals surface area contributed by atoms with Crippen LogP contribution in [-0.4, -0.2) is 9.78 Å². The molecule has 0 fully saturated rings. The first-order valence-electron chi connectivity index (χ1n) is 6.97. The largest absolute Gasteiger partial charge is 0.271 e. The average Bonchev–Trinajstić information content (AvgIpc) is 2.86. The molecule has 0 spiro atoms. The van der Waals surface area contributed by atoms with Gasteiger partial charge in [0.15, 0.2) is 0 Å². The van der Waals surface area contributed by atoms with E-state index in [4.69, 9.17) is 5.84 Å². The monoisotopic (exact) mass is 336 g/mol. The van der Waals surface area contributed by atoms with E-state index in [-0.39, 0.29) is 6.04 Å². The number of aromatic nitrogens is 2. The van der Waals surface area contributed by atoms with E-state index < -0.39 is 0 Å². The third-order valence-corrected chi connectivity index (χ3v) is 4.08. The zero-order chi connectivity index (χ0) is 14.4. The SMILES string of the molecule is CCn1ncc(Br)c1C(CCCc1ccccc1)NN. The van der Waals surface area contributed by atoms with Gasteiger partial charge in [-0.25, -0.2) is 0 Å². The van der Waals surface area contributed by atoms with Crippen molar-refractivity contribution < 1.29 is 0 Å². The maximum atomic E-state index is 5.72. The summed E-state index contributed by atoms with van der Waals surface area (Å²) in [6.07, 6.45) is 4.97. The van der Waals surface area contributed by atoms with E-state index in [9.17, 15) is 0 Å². The molecule has 5 heteroatoms. The summed E-state index contributed by atoms with van der Waals surface area (Å²) in [5.41, 5.74) is 5.41. The van der Waals surface area contributed by atoms with Gasteiger partial charge in [-0.3, -0.25) is 16.0 Å². The molecule has 1 aromatic carbocycles. The maximum absolute atomic E-state index is 5.72. The lowest BCUT2D eigenvalue weighted by atomic mass is 10.0. The Morgan fingerprint density at radius 3 is 2.75 bits per heavy atom. The van der Waals surface area contributed by atoms with E-state index in [0.717, 1.165) is 36.0 Å². The fraction of sp³-hybridized carbons (Fsp3) is 0.400. The van der Waals surface area contributed by atoms with Crippen molar-refractivity contribution in [3.63, 3.8) is 0 Å². The minimum absolute atomic E-state index is 0.121. The molecule has 0 saturated carbocycles. The van der Waals surface area contributed by atoms with E-state index >= 15 is 0 Å². The maximum Gasteiger partial charge on any atom is 0.0709 e. The van der Waals surface area contributed by atoms with Gasteiger partial charge in [0.2, 0.25) is 0 Å². The molecule has 1 aromatic heterocycles. The Morgan fingerprint density at radius 2 is 2.10 bits per heavy atom. The van der Waals surface area contributed by atoms with Gasteiger partial charge in [-0.15, -0.1) is 0 Å². The van der Waals surface area contributed by atoms with Crippen LogP contribution in [-0.2, 0) is 13.0 Å². The predicted octanol–water partition coefficient (Wildman–Crippen LogP) is 3.19. The summed E-state index contributed by atoms with van der Waals surface area (Å²) in [4.78, 5) is 0. The molecule has 0 saturated heterocycles. The van der Waals surface area contributed by atoms with Crippen LogP contribution < -0.4 is 11.3 Å². The number of benzene rings is 1. The highest BCUT2D eigenvalue weighted by Crippen LogP contribution is 2.26. The van der Waals surface area contributed by atoms with E-state index in [1.807, 2.05) is 16.9 Å². The lowest BCUT2D eigenvalue weighted by Crippen LogP contribution is -2.30. The van der Waals surface area contributed by atoms with Crippen LogP contribution in [0.25, 0.3) is 0 Å². The topological polar surface area (TPSA) is 55.9 Å². The van der Waals surface area contributed by atoms with Crippen molar-refractivity contribution in [1.82, 2.24) is 15.2 Å². The number of hydrogen-bond donors (Lipinski definition) is 2. The van der Waals surface area contributed by atoms with Gasteiger partial charge in [0.1, 0.15) is 0 Å². The van der Waals surface area contributed by atoms with Crippen molar-refractivity contribution in [3.8, 4) is 0 Å². The second-order valence-electron chi connectivity index (χ2n) is 4.79. The van der Waals surface area contributed by atoms with Gasteiger partial charge >= 0.3 is 0 Å². The van der Waals surface area contributed by atoms with Gasteiger partial charge in [0.25, 0.3) is 0 Å². The first-order chi connectivity index (χ1) is 9.76. The number of nitrogens with zero attached hydrogens (tertiary/aromatic N) is 2. The van der Waals surface area contributed by atoms with Crippen LogP contribution in [0, 0.1) is 0 Å². The minimum atomic E-state index is 0.121. The highest BCUT2D eigenvalue weighted by Gasteiger charge is 2.18. The normalized spacial score (nSPS) is 12.6. The molecule has 1 heterocycles. The van der Waals surface area contributed by atoms with E-state index in [0.29, 0.717) is 0 Å². The van der Waals surface area contributed by atoms with Crippen molar-refractivity contribution >= 4 is 15.9 Å². The number of rotatable bonds is 7. The first-order valence-corrected chi connectivity index (χ1v) is 7.76. The van der Waals surface area contributed by atoms with Crippen molar-refractivity contribution in [2.45, 2.75) is 38.8 Å². The number of hydrogen-bond acceptors (Lipinski definition) is 3. The molecule has 20 heavy (non-hydrogen) atoms. The summed E-state index contributed by atoms with van der Waals surface area (Å²) in [7, 11) is 0. The van der Waals surface area contributed by atoms with Crippen LogP contribution in [0.1, 0.15) is 37.1 Å². The summed E-state index contributed by atoms with van der Waals surface area (Å²) in [6.45, 7) is 2.93. The van der Waals surface area contributed by atoms with Gasteiger partial charge in [-0.05, 0) is 47.7 Å². The van der Waals surface area contributed by atoms with Crippen LogP contribution in [0.5, 0.6) is 0 Å². The second-order valence-corrected chi connectivity index (χ2v) is 5.64. The average molecular weight is 337 g/mol. The summed E-state index contributed by atoms with van der Waals surface area (Å²) < 4.78 is 3.00. The molecule has 2 aromatic rings. The summed E-state index contributed by atoms with van der Waals surface area (Å²) in [5, 5.41) is 4.34. The second kappa shape index (κ2) is 7.57. The standard InChI is InChI=1S/C15H21BrN4/c1-2-20-15(13(16)11-18-20)14(19-17)10-6-9-12-7-4-3-5-8-12/h3-5,7-8,11,14,19H,2,6,9-10,17H2,1H3. The zero-order valence-electron chi connectivity index (χ0n) is 11.7. The Kier molecular flexibility index (Phi) is 5.76. The summed E-state index contributed by atoms with van der Waals surface area (Å²) in [6, 6.07) is 10.7. The molecule has 0 aliphatic rings. The molecule has 1 unspecified atom stereocenters. The van der Waals surface area contributed by atoms with Crippen LogP contribution in [0.2, 0.25) is 0 Å². The molecule has 0 bridgehead atoms. The van der Waals surface area contributed by atoms with Gasteiger partial charge in [-0.2, -0.15) is 5.10 Å². The number of nitrogens with one attached hydrogen (secondary N) is 1. The van der Waals surface area contributed by atoms with Crippen molar-refractivity contribution in [2.75, 3.05) is 0 Å². The molecular weight excluding hydrogens is 316 g/mol. The number of aryl methyl sites for hydroxylation is 2. The Morgan fingerprint density at radius 1 is 1.35 bits per heavy atom. The number of halogens is 1. The zero-order valence-corrected chi connectivity index (χ0v) is 13.3. The summed E-state index contributed by atoms with van der Waals surface area (Å²) in [5.74, 6) is 5.72. The molecule has 108 valence electrons. The van der Waals surface area contributed by atoms with Crippen LogP contribution >= 0.6 is 15.9 Å². The van der Waals surface area contributed by atoms with Crippen LogP contribution in [0.3, 0.4) is 0 Å². The number of hydrazine groups is 1. The van der Waals surface area contributed by atoms with E-state index in [1.54, 1.807) is 0 Å². The molecule has 2 rings (SSSR count). The number of nitrogens with two attached hydrogens (primary N) is 1. The summed E-state index contributed by atoms with van der Waals surface area (Å²) >= 11 is 3.56. The van der Waals surface area contributed by atoms with Gasteiger partial charge < -0.3 is 0 Å². The lowest BCUT2D eigenvalue weighted by Gasteiger charge is -2.18. The molecule has 3 N–H and O–H groups in total. The van der Waals surface area contributed by atoms with Gasteiger partial charge in [0, 0.05) is 6.54 Å². The van der Waals surface area contributed by atoms with Crippen molar-refractivity contribution in [2.24, 2.45) is 5.84 Å². The van der Waals surface area contributed by atoms with Crippen molar-refractivity contribution in [1.29, 1.82) is 0 Å². The fourth-order valence-corrected chi connectivity index (χ4v) is 3.00. The third kappa shape index (κ3) is 3.69. The van der Waals surface area contributed by atoms with Gasteiger partial charge in [0.05, 0.1) is 22.4 Å². The van der Waals surface area contributed by atoms with E-state index in [1.165, 1.54) is 5.56 Å². The Hall–Kier alpha value is -1.17. The van der Waals surface area contributed by atoms with Crippen molar-refractivity contribution in [3.05, 3.63) is 52.3 Å². The Labute approximate surface area is 128 Å². The lowest BCUT2D eigenvalue weighted by molar-refractivity contribution is 0.453. The fourth-order valence-electron chi connectivity index (χ4n) is 2.42. The predicted molar refractivity (Wildman–Crippen MR) is 85.0 cm³/mol. The van der Waals surface area contributed by atoms with Gasteiger partial charge in [-0.1, -0.05) is 30.3 Å². The third-order valence-electron chi connectivity index (χ3n) is 3.47. The molecule has 4 nitrogen and oxygen atoms in total.